The number of nitro groups is 1. The van der Waals surface area contributed by atoms with Crippen molar-refractivity contribution in [2.24, 2.45) is 0 Å². The second-order valence-corrected chi connectivity index (χ2v) is 5.96. The molecule has 10 heteroatoms. The summed E-state index contributed by atoms with van der Waals surface area (Å²) < 4.78 is 1.16. The number of benzene rings is 1. The average Bonchev–Trinajstić information content (AvgIpc) is 2.60. The van der Waals surface area contributed by atoms with Crippen molar-refractivity contribution in [1.29, 1.82) is 0 Å². The van der Waals surface area contributed by atoms with E-state index in [0.717, 1.165) is 4.68 Å². The number of carboxylic acids is 1. The topological polar surface area (TPSA) is 144 Å². The molecular weight excluding hydrogens is 356 g/mol. The van der Waals surface area contributed by atoms with E-state index in [1.807, 2.05) is 0 Å². The lowest BCUT2D eigenvalue weighted by Crippen LogP contribution is -2.37. The SMILES string of the molecule is Cc1cc(=O)c(C(=O)NC(C)CCC(=O)O)nn1-c1ccccc1[N+](=O)[O-]. The van der Waals surface area contributed by atoms with Crippen LogP contribution in [0.15, 0.2) is 35.1 Å². The number of para-hydroxylation sites is 2. The standard InChI is InChI=1S/C17H18N4O6/c1-10(7-8-15(23)24)18-17(25)16-14(22)9-11(2)20(19-16)12-5-3-4-6-13(12)21(26)27/h3-6,9-10H,7-8H2,1-2H3,(H,18,25)(H,23,24). The van der Waals surface area contributed by atoms with Gasteiger partial charge in [0.2, 0.25) is 5.43 Å². The predicted molar refractivity (Wildman–Crippen MR) is 95.0 cm³/mol. The van der Waals surface area contributed by atoms with E-state index in [2.05, 4.69) is 10.4 Å². The molecule has 10 nitrogen and oxygen atoms in total. The molecule has 1 aromatic carbocycles. The van der Waals surface area contributed by atoms with Crippen LogP contribution in [0.2, 0.25) is 0 Å². The number of hydrogen-bond acceptors (Lipinski definition) is 6. The van der Waals surface area contributed by atoms with Gasteiger partial charge < -0.3 is 10.4 Å². The third-order valence-corrected chi connectivity index (χ3v) is 3.80. The van der Waals surface area contributed by atoms with Crippen LogP contribution >= 0.6 is 0 Å². The van der Waals surface area contributed by atoms with Gasteiger partial charge in [0, 0.05) is 30.3 Å². The Kier molecular flexibility index (Phi) is 6.01. The van der Waals surface area contributed by atoms with Crippen LogP contribution in [0.3, 0.4) is 0 Å². The molecule has 27 heavy (non-hydrogen) atoms. The molecule has 0 aliphatic rings. The van der Waals surface area contributed by atoms with Crippen molar-refractivity contribution >= 4 is 17.6 Å². The van der Waals surface area contributed by atoms with Crippen LogP contribution in [0.25, 0.3) is 5.69 Å². The highest BCUT2D eigenvalue weighted by atomic mass is 16.6. The fourth-order valence-electron chi connectivity index (χ4n) is 2.45. The highest BCUT2D eigenvalue weighted by Gasteiger charge is 2.21. The molecule has 1 heterocycles. The summed E-state index contributed by atoms with van der Waals surface area (Å²) in [6.07, 6.45) is 0.0501. The first kappa shape index (κ1) is 19.8. The number of hydrogen-bond donors (Lipinski definition) is 2. The van der Waals surface area contributed by atoms with Crippen molar-refractivity contribution in [3.63, 3.8) is 0 Å². The van der Waals surface area contributed by atoms with E-state index < -0.39 is 34.0 Å². The molecule has 0 aliphatic heterocycles. The lowest BCUT2D eigenvalue weighted by molar-refractivity contribution is -0.384. The molecule has 0 bridgehead atoms. The third-order valence-electron chi connectivity index (χ3n) is 3.80. The molecule has 1 amide bonds. The largest absolute Gasteiger partial charge is 0.481 e. The first-order valence-corrected chi connectivity index (χ1v) is 8.08. The van der Waals surface area contributed by atoms with Crippen molar-refractivity contribution in [2.75, 3.05) is 0 Å². The minimum atomic E-state index is -0.997. The number of carboxylic acid groups (broad SMARTS) is 1. The van der Waals surface area contributed by atoms with Gasteiger partial charge in [0.05, 0.1) is 4.92 Å². The van der Waals surface area contributed by atoms with E-state index in [1.165, 1.54) is 24.3 Å². The zero-order chi connectivity index (χ0) is 20.1. The van der Waals surface area contributed by atoms with E-state index in [4.69, 9.17) is 5.11 Å². The normalized spacial score (nSPS) is 11.6. The van der Waals surface area contributed by atoms with Crippen LogP contribution in [0.5, 0.6) is 0 Å². The number of aliphatic carboxylic acids is 1. The quantitative estimate of drug-likeness (QED) is 0.551. The summed E-state index contributed by atoms with van der Waals surface area (Å²) in [5.74, 6) is -1.77. The van der Waals surface area contributed by atoms with Gasteiger partial charge in [0.25, 0.3) is 11.6 Å². The second kappa shape index (κ2) is 8.21. The maximum absolute atomic E-state index is 12.4. The Bertz CT molecular complexity index is 953. The molecule has 1 aromatic heterocycles. The van der Waals surface area contributed by atoms with Crippen LogP contribution in [0, 0.1) is 17.0 Å². The second-order valence-electron chi connectivity index (χ2n) is 5.96. The highest BCUT2D eigenvalue weighted by molar-refractivity contribution is 5.92. The Morgan fingerprint density at radius 3 is 2.67 bits per heavy atom. The van der Waals surface area contributed by atoms with E-state index in [9.17, 15) is 24.5 Å². The Morgan fingerprint density at radius 2 is 2.04 bits per heavy atom. The van der Waals surface area contributed by atoms with Crippen LogP contribution in [0.4, 0.5) is 5.69 Å². The van der Waals surface area contributed by atoms with Crippen molar-refractivity contribution in [2.45, 2.75) is 32.7 Å². The number of carbonyl (C=O) groups is 2. The van der Waals surface area contributed by atoms with E-state index >= 15 is 0 Å². The molecule has 0 saturated heterocycles. The summed E-state index contributed by atoms with van der Waals surface area (Å²) in [7, 11) is 0. The van der Waals surface area contributed by atoms with Gasteiger partial charge in [-0.2, -0.15) is 5.10 Å². The lowest BCUT2D eigenvalue weighted by Gasteiger charge is -2.14. The minimum Gasteiger partial charge on any atom is -0.481 e. The number of aryl methyl sites for hydroxylation is 1. The smallest absolute Gasteiger partial charge is 0.303 e. The van der Waals surface area contributed by atoms with Crippen molar-refractivity contribution in [3.05, 3.63) is 62.1 Å². The van der Waals surface area contributed by atoms with Gasteiger partial charge in [0.15, 0.2) is 5.69 Å². The van der Waals surface area contributed by atoms with E-state index in [0.29, 0.717) is 5.69 Å². The number of aromatic nitrogens is 2. The maximum atomic E-state index is 12.4. The van der Waals surface area contributed by atoms with Crippen molar-refractivity contribution in [1.82, 2.24) is 15.1 Å². The first-order valence-electron chi connectivity index (χ1n) is 8.08. The number of carbonyl (C=O) groups excluding carboxylic acids is 1. The Hall–Kier alpha value is -3.56. The zero-order valence-electron chi connectivity index (χ0n) is 14.7. The lowest BCUT2D eigenvalue weighted by atomic mass is 10.2. The zero-order valence-corrected chi connectivity index (χ0v) is 14.7. The molecule has 2 rings (SSSR count). The molecule has 0 fully saturated rings. The summed E-state index contributed by atoms with van der Waals surface area (Å²) >= 11 is 0. The number of nitro benzene ring substituents is 1. The molecule has 1 atom stereocenters. The third kappa shape index (κ3) is 4.75. The summed E-state index contributed by atoms with van der Waals surface area (Å²) in [4.78, 5) is 45.8. The molecule has 2 N–H and O–H groups in total. The van der Waals surface area contributed by atoms with Crippen LogP contribution in [0.1, 0.15) is 35.9 Å². The Morgan fingerprint density at radius 1 is 1.37 bits per heavy atom. The van der Waals surface area contributed by atoms with Gasteiger partial charge in [-0.1, -0.05) is 12.1 Å². The van der Waals surface area contributed by atoms with Crippen LogP contribution in [-0.4, -0.2) is 37.7 Å². The monoisotopic (exact) mass is 374 g/mol. The van der Waals surface area contributed by atoms with Gasteiger partial charge in [-0.15, -0.1) is 0 Å². The molecule has 1 unspecified atom stereocenters. The summed E-state index contributed by atoms with van der Waals surface area (Å²) in [6, 6.07) is 6.51. The van der Waals surface area contributed by atoms with Gasteiger partial charge in [0.1, 0.15) is 5.69 Å². The van der Waals surface area contributed by atoms with E-state index in [1.54, 1.807) is 19.9 Å². The predicted octanol–water partition coefficient (Wildman–Crippen LogP) is 1.43. The summed E-state index contributed by atoms with van der Waals surface area (Å²) in [5.41, 5.74) is -0.845. The molecule has 2 aromatic rings. The summed E-state index contributed by atoms with van der Waals surface area (Å²) in [5, 5.41) is 26.4. The van der Waals surface area contributed by atoms with Crippen molar-refractivity contribution < 1.29 is 19.6 Å². The van der Waals surface area contributed by atoms with Crippen LogP contribution in [-0.2, 0) is 4.79 Å². The highest BCUT2D eigenvalue weighted by Crippen LogP contribution is 2.22. The summed E-state index contributed by atoms with van der Waals surface area (Å²) in [6.45, 7) is 3.15. The van der Waals surface area contributed by atoms with Crippen LogP contribution < -0.4 is 10.7 Å². The number of nitrogens with one attached hydrogen (secondary N) is 1. The average molecular weight is 374 g/mol. The minimum absolute atomic E-state index is 0.118. The first-order chi connectivity index (χ1) is 12.7. The fraction of sp³-hybridized carbons (Fsp3) is 0.294. The molecule has 142 valence electrons. The molecule has 0 spiro atoms. The number of nitrogens with zero attached hydrogens (tertiary/aromatic N) is 3. The van der Waals surface area contributed by atoms with Gasteiger partial charge in [-0.25, -0.2) is 4.68 Å². The Balaban J connectivity index is 2.39. The Labute approximate surface area is 153 Å². The van der Waals surface area contributed by atoms with Gasteiger partial charge in [-0.05, 0) is 26.3 Å². The fourth-order valence-corrected chi connectivity index (χ4v) is 2.45. The molecular formula is C17H18N4O6. The van der Waals surface area contributed by atoms with Gasteiger partial charge in [-0.3, -0.25) is 24.5 Å². The molecule has 0 radical (unpaired) electrons. The van der Waals surface area contributed by atoms with E-state index in [-0.39, 0.29) is 24.2 Å². The number of rotatable bonds is 7. The molecule has 0 aliphatic carbocycles. The van der Waals surface area contributed by atoms with Crippen molar-refractivity contribution in [3.8, 4) is 5.69 Å². The number of amides is 1. The molecule has 0 saturated carbocycles. The maximum Gasteiger partial charge on any atom is 0.303 e. The van der Waals surface area contributed by atoms with Gasteiger partial charge >= 0.3 is 5.97 Å².